The fourth-order valence-electron chi connectivity index (χ4n) is 7.10. The predicted octanol–water partition coefficient (Wildman–Crippen LogP) is 4.73. The van der Waals surface area contributed by atoms with Gasteiger partial charge in [0.1, 0.15) is 17.9 Å². The molecule has 148 valence electrons. The summed E-state index contributed by atoms with van der Waals surface area (Å²) in [6.45, 7) is 4.16. The van der Waals surface area contributed by atoms with Gasteiger partial charge in [0, 0.05) is 17.4 Å². The third-order valence-corrected chi connectivity index (χ3v) is 7.81. The zero-order valence-electron chi connectivity index (χ0n) is 17.3. The highest BCUT2D eigenvalue weighted by atomic mass is 16.1. The Bertz CT molecular complexity index is 982. The minimum Gasteiger partial charge on any atom is -0.299 e. The van der Waals surface area contributed by atoms with Gasteiger partial charge in [0.05, 0.1) is 22.4 Å². The molecule has 0 saturated heterocycles. The summed E-state index contributed by atoms with van der Waals surface area (Å²) in [5.74, 6) is 2.59. The molecule has 0 N–H and O–H groups in total. The minimum atomic E-state index is -0.301. The summed E-state index contributed by atoms with van der Waals surface area (Å²) >= 11 is 0. The summed E-state index contributed by atoms with van der Waals surface area (Å²) in [7, 11) is 0. The Morgan fingerprint density at radius 2 is 1.59 bits per heavy atom. The van der Waals surface area contributed by atoms with Crippen LogP contribution in [-0.4, -0.2) is 17.0 Å². The van der Waals surface area contributed by atoms with Crippen molar-refractivity contribution in [2.75, 3.05) is 0 Å². The van der Waals surface area contributed by atoms with E-state index in [-0.39, 0.29) is 11.0 Å². The van der Waals surface area contributed by atoms with Crippen molar-refractivity contribution < 1.29 is 4.79 Å². The van der Waals surface area contributed by atoms with Crippen LogP contribution in [0.15, 0.2) is 17.1 Å². The highest BCUT2D eigenvalue weighted by Crippen LogP contribution is 2.60. The van der Waals surface area contributed by atoms with Crippen LogP contribution in [0.25, 0.3) is 0 Å². The van der Waals surface area contributed by atoms with E-state index < -0.39 is 0 Å². The van der Waals surface area contributed by atoms with E-state index in [0.717, 1.165) is 60.3 Å². The van der Waals surface area contributed by atoms with Crippen LogP contribution in [0.3, 0.4) is 0 Å². The van der Waals surface area contributed by atoms with Crippen molar-refractivity contribution in [1.82, 2.24) is 0 Å². The first-order chi connectivity index (χ1) is 13.8. The number of rotatable bonds is 3. The minimum absolute atomic E-state index is 0.135. The Kier molecular flexibility index (Phi) is 4.01. The molecule has 0 aromatic heterocycles. The number of fused-ring (bicyclic) bond motifs is 1. The molecule has 0 spiro atoms. The molecule has 1 aliphatic heterocycles. The highest BCUT2D eigenvalue weighted by Gasteiger charge is 2.54. The maximum Gasteiger partial charge on any atom is 0.145 e. The Hall–Kier alpha value is -2.46. The second-order valence-corrected chi connectivity index (χ2v) is 10.6. The zero-order valence-corrected chi connectivity index (χ0v) is 17.3. The molecule has 4 nitrogen and oxygen atoms in total. The topological polar surface area (TPSA) is 77.0 Å². The fourth-order valence-corrected chi connectivity index (χ4v) is 7.10. The van der Waals surface area contributed by atoms with E-state index in [1.54, 1.807) is 6.07 Å². The van der Waals surface area contributed by atoms with Gasteiger partial charge in [-0.2, -0.15) is 10.5 Å². The van der Waals surface area contributed by atoms with E-state index in [2.05, 4.69) is 26.0 Å². The van der Waals surface area contributed by atoms with Crippen LogP contribution in [0.4, 0.5) is 0 Å². The van der Waals surface area contributed by atoms with E-state index in [0.29, 0.717) is 23.3 Å². The molecule has 4 fully saturated rings. The fraction of sp³-hybridized carbons (Fsp3) is 0.600. The molecule has 29 heavy (non-hydrogen) atoms. The molecule has 4 heteroatoms. The normalized spacial score (nSPS) is 33.4. The third-order valence-electron chi connectivity index (χ3n) is 7.81. The second-order valence-electron chi connectivity index (χ2n) is 10.6. The van der Waals surface area contributed by atoms with Gasteiger partial charge in [-0.15, -0.1) is 0 Å². The lowest BCUT2D eigenvalue weighted by molar-refractivity contribution is -0.142. The number of Topliss-reactive ketones (excluding diaryl/α,β-unsaturated/α-hetero) is 1. The molecule has 1 aromatic carbocycles. The van der Waals surface area contributed by atoms with E-state index in [1.165, 1.54) is 19.3 Å². The molecule has 4 aliphatic carbocycles. The van der Waals surface area contributed by atoms with Crippen LogP contribution in [0.1, 0.15) is 81.0 Å². The SMILES string of the molecule is CC1(C)Cc2cc(C#N)c(C#N)cc2C(CC(=O)C23CC4CC(CC(C4)C2)C3)=N1. The summed E-state index contributed by atoms with van der Waals surface area (Å²) in [6, 6.07) is 7.90. The molecule has 1 heterocycles. The van der Waals surface area contributed by atoms with E-state index >= 15 is 0 Å². The number of benzene rings is 1. The molecule has 5 aliphatic rings. The first kappa shape index (κ1) is 18.6. The number of hydrogen-bond acceptors (Lipinski definition) is 4. The summed E-state index contributed by atoms with van der Waals surface area (Å²) in [5.41, 5.74) is 3.11. The monoisotopic (exact) mass is 385 g/mol. The van der Waals surface area contributed by atoms with Gasteiger partial charge in [-0.05, 0) is 94.2 Å². The van der Waals surface area contributed by atoms with Gasteiger partial charge in [0.15, 0.2) is 0 Å². The smallest absolute Gasteiger partial charge is 0.145 e. The number of ketones is 1. The lowest BCUT2D eigenvalue weighted by Crippen LogP contribution is -2.50. The molecule has 6 rings (SSSR count). The van der Waals surface area contributed by atoms with Gasteiger partial charge >= 0.3 is 0 Å². The Morgan fingerprint density at radius 1 is 1.03 bits per heavy atom. The van der Waals surface area contributed by atoms with Crippen LogP contribution in [-0.2, 0) is 11.2 Å². The predicted molar refractivity (Wildman–Crippen MR) is 110 cm³/mol. The number of aliphatic imine (C=N–C) groups is 1. The molecule has 0 radical (unpaired) electrons. The van der Waals surface area contributed by atoms with Gasteiger partial charge < -0.3 is 0 Å². The zero-order chi connectivity index (χ0) is 20.4. The van der Waals surface area contributed by atoms with Crippen LogP contribution < -0.4 is 0 Å². The number of carbonyl (C=O) groups is 1. The summed E-state index contributed by atoms with van der Waals surface area (Å²) in [5, 5.41) is 18.9. The third kappa shape index (κ3) is 3.01. The van der Waals surface area contributed by atoms with Gasteiger partial charge in [0.2, 0.25) is 0 Å². The molecule has 4 saturated carbocycles. The average Bonchev–Trinajstić information content (AvgIpc) is 2.65. The molecule has 1 aromatic rings. The van der Waals surface area contributed by atoms with Crippen LogP contribution in [0.2, 0.25) is 0 Å². The quantitative estimate of drug-likeness (QED) is 0.755. The molecular weight excluding hydrogens is 358 g/mol. The Balaban J connectivity index is 1.50. The first-order valence-electron chi connectivity index (χ1n) is 10.9. The van der Waals surface area contributed by atoms with Crippen molar-refractivity contribution in [3.05, 3.63) is 34.4 Å². The maximum atomic E-state index is 13.7. The van der Waals surface area contributed by atoms with Crippen molar-refractivity contribution >= 4 is 11.5 Å². The van der Waals surface area contributed by atoms with Crippen LogP contribution in [0, 0.1) is 45.8 Å². The van der Waals surface area contributed by atoms with Crippen LogP contribution in [0.5, 0.6) is 0 Å². The summed E-state index contributed by atoms with van der Waals surface area (Å²) in [6.07, 6.45) is 8.26. The number of nitriles is 2. The summed E-state index contributed by atoms with van der Waals surface area (Å²) in [4.78, 5) is 18.6. The largest absolute Gasteiger partial charge is 0.299 e. The lowest BCUT2D eigenvalue weighted by atomic mass is 9.48. The van der Waals surface area contributed by atoms with Crippen molar-refractivity contribution in [1.29, 1.82) is 10.5 Å². The highest BCUT2D eigenvalue weighted by molar-refractivity contribution is 6.14. The van der Waals surface area contributed by atoms with Crippen molar-refractivity contribution in [2.24, 2.45) is 28.2 Å². The molecule has 0 unspecified atom stereocenters. The number of nitrogens with zero attached hydrogens (tertiary/aromatic N) is 3. The Morgan fingerprint density at radius 3 is 2.14 bits per heavy atom. The number of carbonyl (C=O) groups excluding carboxylic acids is 1. The van der Waals surface area contributed by atoms with Gasteiger partial charge in [-0.3, -0.25) is 9.79 Å². The van der Waals surface area contributed by atoms with E-state index in [9.17, 15) is 15.3 Å². The van der Waals surface area contributed by atoms with Crippen molar-refractivity contribution in [2.45, 2.75) is 70.8 Å². The van der Waals surface area contributed by atoms with E-state index in [4.69, 9.17) is 4.99 Å². The maximum absolute atomic E-state index is 13.7. The molecular formula is C25H27N3O. The van der Waals surface area contributed by atoms with Crippen LogP contribution >= 0.6 is 0 Å². The number of hydrogen-bond donors (Lipinski definition) is 0. The molecule has 4 bridgehead atoms. The average molecular weight is 386 g/mol. The van der Waals surface area contributed by atoms with Crippen molar-refractivity contribution in [3.8, 4) is 12.1 Å². The van der Waals surface area contributed by atoms with E-state index in [1.807, 2.05) is 6.07 Å². The second kappa shape index (κ2) is 6.27. The lowest BCUT2D eigenvalue weighted by Gasteiger charge is -2.56. The summed E-state index contributed by atoms with van der Waals surface area (Å²) < 4.78 is 0. The van der Waals surface area contributed by atoms with Gasteiger partial charge in [0.25, 0.3) is 0 Å². The van der Waals surface area contributed by atoms with Gasteiger partial charge in [-0.1, -0.05) is 0 Å². The Labute approximate surface area is 172 Å². The molecule has 0 amide bonds. The van der Waals surface area contributed by atoms with Gasteiger partial charge in [-0.25, -0.2) is 0 Å². The van der Waals surface area contributed by atoms with Crippen molar-refractivity contribution in [3.63, 3.8) is 0 Å². The standard InChI is InChI=1S/C25H27N3O/c1-24(2)12-18-6-19(13-26)20(14-27)7-21(18)22(28-24)8-23(29)25-9-15-3-16(10-25)5-17(4-15)11-25/h6-7,15-17H,3-5,8-12H2,1-2H3. The first-order valence-corrected chi connectivity index (χ1v) is 10.9. The molecule has 0 atom stereocenters.